The molecule has 1 aromatic carbocycles. The van der Waals surface area contributed by atoms with Crippen molar-refractivity contribution in [2.24, 2.45) is 0 Å². The normalized spacial score (nSPS) is 12.5. The van der Waals surface area contributed by atoms with Crippen LogP contribution in [0.3, 0.4) is 0 Å². The van der Waals surface area contributed by atoms with Gasteiger partial charge in [-0.25, -0.2) is 4.79 Å². The lowest BCUT2D eigenvalue weighted by Gasteiger charge is -2.30. The third-order valence-corrected chi connectivity index (χ3v) is 4.26. The van der Waals surface area contributed by atoms with Gasteiger partial charge in [0.05, 0.1) is 6.61 Å². The van der Waals surface area contributed by atoms with Crippen LogP contribution in [0.25, 0.3) is 0 Å². The summed E-state index contributed by atoms with van der Waals surface area (Å²) in [6.07, 6.45) is 0.165. The zero-order chi connectivity index (χ0) is 22.6. The molecule has 0 atom stereocenters. The Hall–Kier alpha value is -2.04. The number of aryl methyl sites for hydroxylation is 1. The summed E-state index contributed by atoms with van der Waals surface area (Å²) in [4.78, 5) is 24.3. The molecule has 0 spiro atoms. The molecule has 0 aliphatic heterocycles. The van der Waals surface area contributed by atoms with Gasteiger partial charge < -0.3 is 14.2 Å². The van der Waals surface area contributed by atoms with Crippen molar-refractivity contribution in [3.05, 3.63) is 28.8 Å². The monoisotopic (exact) mass is 406 g/mol. The number of benzene rings is 1. The SMILES string of the molecule is CCOC(=O)CCc1cc(C(C)(C)C)c(OC(=O)OC(C)(C)C)c(C(C)(C)C)c1. The lowest BCUT2D eigenvalue weighted by atomic mass is 9.78. The smallest absolute Gasteiger partial charge is 0.466 e. The first-order valence-corrected chi connectivity index (χ1v) is 10.3. The highest BCUT2D eigenvalue weighted by molar-refractivity contribution is 5.70. The summed E-state index contributed by atoms with van der Waals surface area (Å²) in [7, 11) is 0. The summed E-state index contributed by atoms with van der Waals surface area (Å²) >= 11 is 0. The zero-order valence-electron chi connectivity index (χ0n) is 19.8. The fourth-order valence-corrected chi connectivity index (χ4v) is 2.89. The van der Waals surface area contributed by atoms with Crippen molar-refractivity contribution >= 4 is 12.1 Å². The Morgan fingerprint density at radius 3 is 1.72 bits per heavy atom. The minimum atomic E-state index is -0.715. The highest BCUT2D eigenvalue weighted by Gasteiger charge is 2.30. The lowest BCUT2D eigenvalue weighted by molar-refractivity contribution is -0.143. The fourth-order valence-electron chi connectivity index (χ4n) is 2.89. The molecule has 0 amide bonds. The van der Waals surface area contributed by atoms with Crippen LogP contribution in [0.4, 0.5) is 4.79 Å². The van der Waals surface area contributed by atoms with E-state index in [-0.39, 0.29) is 16.8 Å². The Balaban J connectivity index is 3.44. The van der Waals surface area contributed by atoms with Crippen molar-refractivity contribution in [3.8, 4) is 5.75 Å². The average Bonchev–Trinajstić information content (AvgIpc) is 2.49. The van der Waals surface area contributed by atoms with E-state index in [9.17, 15) is 9.59 Å². The average molecular weight is 407 g/mol. The van der Waals surface area contributed by atoms with Gasteiger partial charge in [0.2, 0.25) is 0 Å². The quantitative estimate of drug-likeness (QED) is 0.437. The Bertz CT molecular complexity index is 692. The Kier molecular flexibility index (Phi) is 7.92. The summed E-state index contributed by atoms with van der Waals surface area (Å²) in [5.41, 5.74) is 1.67. The summed E-state index contributed by atoms with van der Waals surface area (Å²) in [5, 5.41) is 0. The number of carbonyl (C=O) groups is 2. The molecule has 5 nitrogen and oxygen atoms in total. The van der Waals surface area contributed by atoms with E-state index in [0.29, 0.717) is 25.2 Å². The minimum Gasteiger partial charge on any atom is -0.466 e. The van der Waals surface area contributed by atoms with Crippen LogP contribution >= 0.6 is 0 Å². The number of hydrogen-bond donors (Lipinski definition) is 0. The molecule has 0 saturated carbocycles. The maximum Gasteiger partial charge on any atom is 0.514 e. The topological polar surface area (TPSA) is 61.8 Å². The van der Waals surface area contributed by atoms with Gasteiger partial charge in [-0.15, -0.1) is 0 Å². The number of esters is 1. The first kappa shape index (κ1) is 25.0. The molecule has 0 N–H and O–H groups in total. The molecule has 0 saturated heterocycles. The molecular weight excluding hydrogens is 368 g/mol. The predicted molar refractivity (Wildman–Crippen MR) is 116 cm³/mol. The van der Waals surface area contributed by atoms with Gasteiger partial charge in [0, 0.05) is 17.5 Å². The third kappa shape index (κ3) is 8.08. The zero-order valence-corrected chi connectivity index (χ0v) is 19.8. The van der Waals surface area contributed by atoms with Crippen molar-refractivity contribution in [1.82, 2.24) is 0 Å². The molecule has 0 unspecified atom stereocenters. The molecule has 0 aliphatic rings. The summed E-state index contributed by atoms with van der Waals surface area (Å²) < 4.78 is 16.2. The largest absolute Gasteiger partial charge is 0.514 e. The molecule has 29 heavy (non-hydrogen) atoms. The summed E-state index contributed by atoms with van der Waals surface area (Å²) in [6.45, 7) is 20.1. The first-order chi connectivity index (χ1) is 13.0. The van der Waals surface area contributed by atoms with Crippen LogP contribution in [-0.4, -0.2) is 24.3 Å². The molecule has 0 bridgehead atoms. The van der Waals surface area contributed by atoms with Crippen LogP contribution in [0.2, 0.25) is 0 Å². The highest BCUT2D eigenvalue weighted by atomic mass is 16.7. The fraction of sp³-hybridized carbons (Fsp3) is 0.667. The number of rotatable bonds is 5. The van der Waals surface area contributed by atoms with Crippen molar-refractivity contribution in [3.63, 3.8) is 0 Å². The van der Waals surface area contributed by atoms with Gasteiger partial charge in [0.15, 0.2) is 0 Å². The van der Waals surface area contributed by atoms with Crippen LogP contribution in [0.5, 0.6) is 5.75 Å². The van der Waals surface area contributed by atoms with Gasteiger partial charge in [-0.3, -0.25) is 4.79 Å². The van der Waals surface area contributed by atoms with Gasteiger partial charge in [-0.1, -0.05) is 53.7 Å². The van der Waals surface area contributed by atoms with E-state index >= 15 is 0 Å². The van der Waals surface area contributed by atoms with E-state index < -0.39 is 11.8 Å². The van der Waals surface area contributed by atoms with Gasteiger partial charge >= 0.3 is 12.1 Å². The Morgan fingerprint density at radius 1 is 0.862 bits per heavy atom. The van der Waals surface area contributed by atoms with E-state index in [1.54, 1.807) is 6.92 Å². The second-order valence-electron chi connectivity index (χ2n) is 10.4. The second-order valence-corrected chi connectivity index (χ2v) is 10.4. The van der Waals surface area contributed by atoms with Crippen LogP contribution < -0.4 is 4.74 Å². The van der Waals surface area contributed by atoms with E-state index in [1.807, 2.05) is 32.9 Å². The molecule has 0 aromatic heterocycles. The summed E-state index contributed by atoms with van der Waals surface area (Å²) in [5.74, 6) is 0.329. The molecule has 0 aliphatic carbocycles. The van der Waals surface area contributed by atoms with Crippen molar-refractivity contribution in [2.75, 3.05) is 6.61 Å². The van der Waals surface area contributed by atoms with Crippen LogP contribution in [0.1, 0.15) is 92.3 Å². The van der Waals surface area contributed by atoms with Crippen molar-refractivity contribution < 1.29 is 23.8 Å². The number of carbonyl (C=O) groups excluding carboxylic acids is 2. The molecule has 0 radical (unpaired) electrons. The van der Waals surface area contributed by atoms with E-state index in [4.69, 9.17) is 14.2 Å². The van der Waals surface area contributed by atoms with E-state index in [1.165, 1.54) is 0 Å². The highest BCUT2D eigenvalue weighted by Crippen LogP contribution is 2.41. The predicted octanol–water partition coefficient (Wildman–Crippen LogP) is 6.09. The van der Waals surface area contributed by atoms with Crippen LogP contribution in [0, 0.1) is 0 Å². The van der Waals surface area contributed by atoms with E-state index in [2.05, 4.69) is 41.5 Å². The standard InChI is InChI=1S/C24H38O5/c1-11-27-19(25)13-12-16-14-17(22(2,3)4)20(18(15-16)23(5,6)7)28-21(26)29-24(8,9)10/h14-15H,11-13H2,1-10H3. The van der Waals surface area contributed by atoms with Crippen LogP contribution in [-0.2, 0) is 31.5 Å². The molecule has 5 heteroatoms. The second kappa shape index (κ2) is 9.19. The molecule has 1 aromatic rings. The first-order valence-electron chi connectivity index (χ1n) is 10.3. The molecular formula is C24H38O5. The number of ether oxygens (including phenoxy) is 3. The maximum absolute atomic E-state index is 12.5. The molecule has 0 heterocycles. The van der Waals surface area contributed by atoms with E-state index in [0.717, 1.165) is 16.7 Å². The third-order valence-electron chi connectivity index (χ3n) is 4.26. The van der Waals surface area contributed by atoms with Gasteiger partial charge in [-0.05, 0) is 50.5 Å². The molecule has 1 rings (SSSR count). The number of hydrogen-bond acceptors (Lipinski definition) is 5. The summed E-state index contributed by atoms with van der Waals surface area (Å²) in [6, 6.07) is 4.04. The lowest BCUT2D eigenvalue weighted by Crippen LogP contribution is -2.28. The van der Waals surface area contributed by atoms with Gasteiger partial charge in [0.1, 0.15) is 11.4 Å². The molecule has 0 fully saturated rings. The van der Waals surface area contributed by atoms with Gasteiger partial charge in [0.25, 0.3) is 0 Å². The van der Waals surface area contributed by atoms with Crippen molar-refractivity contribution in [1.29, 1.82) is 0 Å². The Labute approximate surface area is 176 Å². The maximum atomic E-state index is 12.5. The molecule has 164 valence electrons. The Morgan fingerprint density at radius 2 is 1.34 bits per heavy atom. The van der Waals surface area contributed by atoms with Crippen molar-refractivity contribution in [2.45, 2.75) is 98.5 Å². The minimum absolute atomic E-state index is 0.212. The van der Waals surface area contributed by atoms with Gasteiger partial charge in [-0.2, -0.15) is 0 Å². The van der Waals surface area contributed by atoms with Crippen LogP contribution in [0.15, 0.2) is 12.1 Å².